The van der Waals surface area contributed by atoms with E-state index < -0.39 is 13.2 Å². The van der Waals surface area contributed by atoms with Crippen molar-refractivity contribution in [2.45, 2.75) is 6.92 Å². The molecule has 0 aliphatic carbocycles. The summed E-state index contributed by atoms with van der Waals surface area (Å²) in [5.74, 6) is -0.720. The van der Waals surface area contributed by atoms with Crippen molar-refractivity contribution in [2.75, 3.05) is 12.3 Å². The Labute approximate surface area is 114 Å². The molecule has 3 heteroatoms. The molecule has 0 aliphatic rings. The van der Waals surface area contributed by atoms with E-state index in [0.29, 0.717) is 0 Å². The van der Waals surface area contributed by atoms with E-state index >= 15 is 0 Å². The second-order valence-electron chi connectivity index (χ2n) is 4.51. The van der Waals surface area contributed by atoms with Gasteiger partial charge in [-0.05, 0) is 31.2 Å². The number of carboxylic acid groups (broad SMARTS) is 1. The molecule has 0 radical (unpaired) electrons. The summed E-state index contributed by atoms with van der Waals surface area (Å²) in [4.78, 5) is 11.3. The Balaban J connectivity index is 2.58. The molecule has 19 heavy (non-hydrogen) atoms. The van der Waals surface area contributed by atoms with E-state index in [1.807, 2.05) is 36.4 Å². The fourth-order valence-corrected chi connectivity index (χ4v) is 6.03. The van der Waals surface area contributed by atoms with Crippen LogP contribution in [0.1, 0.15) is 6.92 Å². The molecule has 2 rings (SSSR count). The lowest BCUT2D eigenvalue weighted by Crippen LogP contribution is -2.29. The molecule has 0 amide bonds. The Morgan fingerprint density at radius 1 is 0.947 bits per heavy atom. The average Bonchev–Trinajstić information content (AvgIpc) is 2.46. The van der Waals surface area contributed by atoms with Crippen LogP contribution in [0.5, 0.6) is 0 Å². The summed E-state index contributed by atoms with van der Waals surface area (Å²) in [6, 6.07) is 20.2. The molecular weight excluding hydrogens is 255 g/mol. The SMILES string of the molecule is CC[P+](CC(=O)O)(c1ccccc1)c1ccccc1. The quantitative estimate of drug-likeness (QED) is 0.851. The predicted octanol–water partition coefficient (Wildman–Crippen LogP) is 2.76. The van der Waals surface area contributed by atoms with Gasteiger partial charge in [0.2, 0.25) is 0 Å². The van der Waals surface area contributed by atoms with E-state index in [2.05, 4.69) is 31.2 Å². The highest BCUT2D eigenvalue weighted by atomic mass is 31.2. The van der Waals surface area contributed by atoms with Crippen LogP contribution in [0.4, 0.5) is 0 Å². The Morgan fingerprint density at radius 2 is 1.37 bits per heavy atom. The number of carboxylic acids is 1. The minimum atomic E-state index is -1.84. The van der Waals surface area contributed by atoms with Crippen LogP contribution in [-0.2, 0) is 4.79 Å². The number of benzene rings is 2. The molecule has 0 fully saturated rings. The van der Waals surface area contributed by atoms with E-state index in [1.54, 1.807) is 0 Å². The van der Waals surface area contributed by atoms with Crippen LogP contribution in [0.15, 0.2) is 60.7 Å². The van der Waals surface area contributed by atoms with Gasteiger partial charge in [-0.15, -0.1) is 0 Å². The molecule has 0 aromatic heterocycles. The zero-order chi connectivity index (χ0) is 13.7. The van der Waals surface area contributed by atoms with E-state index in [0.717, 1.165) is 6.16 Å². The highest BCUT2D eigenvalue weighted by Gasteiger charge is 2.43. The summed E-state index contributed by atoms with van der Waals surface area (Å²) in [7, 11) is -1.84. The minimum Gasteiger partial charge on any atom is -0.479 e. The molecule has 0 atom stereocenters. The third-order valence-electron chi connectivity index (χ3n) is 3.45. The normalized spacial score (nSPS) is 11.2. The van der Waals surface area contributed by atoms with Crippen LogP contribution in [0.2, 0.25) is 0 Å². The zero-order valence-electron chi connectivity index (χ0n) is 11.0. The lowest BCUT2D eigenvalue weighted by molar-refractivity contribution is -0.134. The van der Waals surface area contributed by atoms with E-state index in [4.69, 9.17) is 0 Å². The molecular formula is C16H18O2P+. The molecule has 0 aliphatic heterocycles. The summed E-state index contributed by atoms with van der Waals surface area (Å²) in [5, 5.41) is 11.7. The summed E-state index contributed by atoms with van der Waals surface area (Å²) >= 11 is 0. The largest absolute Gasteiger partial charge is 0.479 e. The van der Waals surface area contributed by atoms with Crippen molar-refractivity contribution in [3.8, 4) is 0 Å². The number of carbonyl (C=O) groups is 1. The molecule has 0 unspecified atom stereocenters. The minimum absolute atomic E-state index is 0.220. The van der Waals surface area contributed by atoms with Gasteiger partial charge in [-0.25, -0.2) is 4.79 Å². The van der Waals surface area contributed by atoms with Crippen LogP contribution in [0.3, 0.4) is 0 Å². The van der Waals surface area contributed by atoms with Crippen molar-refractivity contribution in [2.24, 2.45) is 0 Å². The second kappa shape index (κ2) is 5.99. The van der Waals surface area contributed by atoms with Crippen LogP contribution in [0, 0.1) is 0 Å². The third-order valence-corrected chi connectivity index (χ3v) is 7.91. The first-order chi connectivity index (χ1) is 9.19. The third kappa shape index (κ3) is 2.85. The number of hydrogen-bond donors (Lipinski definition) is 1. The predicted molar refractivity (Wildman–Crippen MR) is 82.1 cm³/mol. The van der Waals surface area contributed by atoms with E-state index in [9.17, 15) is 9.90 Å². The first kappa shape index (κ1) is 13.8. The van der Waals surface area contributed by atoms with Gasteiger partial charge >= 0.3 is 5.97 Å². The second-order valence-corrected chi connectivity index (χ2v) is 8.42. The van der Waals surface area contributed by atoms with Crippen molar-refractivity contribution in [1.82, 2.24) is 0 Å². The summed E-state index contributed by atoms with van der Waals surface area (Å²) in [5.41, 5.74) is 0. The first-order valence-corrected chi connectivity index (χ1v) is 8.55. The van der Waals surface area contributed by atoms with Crippen LogP contribution in [0.25, 0.3) is 0 Å². The molecule has 0 saturated carbocycles. The highest BCUT2D eigenvalue weighted by molar-refractivity contribution is 7.90. The molecule has 2 nitrogen and oxygen atoms in total. The monoisotopic (exact) mass is 273 g/mol. The molecule has 98 valence electrons. The average molecular weight is 273 g/mol. The van der Waals surface area contributed by atoms with E-state index in [1.165, 1.54) is 10.6 Å². The Hall–Kier alpha value is -1.66. The van der Waals surface area contributed by atoms with Gasteiger partial charge < -0.3 is 5.11 Å². The van der Waals surface area contributed by atoms with Gasteiger partial charge in [0.05, 0.1) is 24.0 Å². The molecule has 2 aromatic rings. The van der Waals surface area contributed by atoms with Crippen LogP contribution < -0.4 is 10.6 Å². The van der Waals surface area contributed by atoms with Crippen LogP contribution >= 0.6 is 7.26 Å². The van der Waals surface area contributed by atoms with Crippen molar-refractivity contribution in [3.63, 3.8) is 0 Å². The van der Waals surface area contributed by atoms with Gasteiger partial charge in [0.15, 0.2) is 6.16 Å². The maximum Gasteiger partial charge on any atom is 0.342 e. The number of aliphatic carboxylic acids is 1. The van der Waals surface area contributed by atoms with Crippen molar-refractivity contribution in [3.05, 3.63) is 60.7 Å². The fourth-order valence-electron chi connectivity index (χ4n) is 2.47. The van der Waals surface area contributed by atoms with E-state index in [-0.39, 0.29) is 6.16 Å². The lowest BCUT2D eigenvalue weighted by atomic mass is 10.4. The molecule has 0 heterocycles. The fraction of sp³-hybridized carbons (Fsp3) is 0.188. The number of rotatable bonds is 5. The Morgan fingerprint density at radius 3 is 1.68 bits per heavy atom. The number of hydrogen-bond acceptors (Lipinski definition) is 1. The molecule has 0 saturated heterocycles. The highest BCUT2D eigenvalue weighted by Crippen LogP contribution is 2.55. The lowest BCUT2D eigenvalue weighted by Gasteiger charge is -2.24. The Kier molecular flexibility index (Phi) is 4.34. The maximum absolute atomic E-state index is 11.3. The summed E-state index contributed by atoms with van der Waals surface area (Å²) < 4.78 is 0. The topological polar surface area (TPSA) is 37.3 Å². The van der Waals surface area contributed by atoms with Gasteiger partial charge in [0, 0.05) is 0 Å². The smallest absolute Gasteiger partial charge is 0.342 e. The maximum atomic E-state index is 11.3. The van der Waals surface area contributed by atoms with Gasteiger partial charge in [-0.1, -0.05) is 36.4 Å². The first-order valence-electron chi connectivity index (χ1n) is 6.39. The summed E-state index contributed by atoms with van der Waals surface area (Å²) in [6.07, 6.45) is 1.09. The van der Waals surface area contributed by atoms with Gasteiger partial charge in [-0.3, -0.25) is 0 Å². The molecule has 0 bridgehead atoms. The van der Waals surface area contributed by atoms with Crippen molar-refractivity contribution < 1.29 is 9.90 Å². The summed E-state index contributed by atoms with van der Waals surface area (Å²) in [6.45, 7) is 2.09. The van der Waals surface area contributed by atoms with Crippen LogP contribution in [-0.4, -0.2) is 23.4 Å². The van der Waals surface area contributed by atoms with Crippen molar-refractivity contribution >= 4 is 23.8 Å². The van der Waals surface area contributed by atoms with Gasteiger partial charge in [-0.2, -0.15) is 0 Å². The Bertz CT molecular complexity index is 498. The van der Waals surface area contributed by atoms with Crippen molar-refractivity contribution in [1.29, 1.82) is 0 Å². The van der Waals surface area contributed by atoms with Gasteiger partial charge in [0.25, 0.3) is 0 Å². The van der Waals surface area contributed by atoms with Gasteiger partial charge in [0.1, 0.15) is 0 Å². The standard InChI is InChI=1S/C16H17O2P/c1-2-19(13-16(17)18,14-9-5-3-6-10-14)15-11-7-4-8-12-15/h3-12H,2,13H2,1H3/p+1. The molecule has 2 aromatic carbocycles. The zero-order valence-corrected chi connectivity index (χ0v) is 11.9. The molecule has 0 spiro atoms. The molecule has 1 N–H and O–H groups in total.